The van der Waals surface area contributed by atoms with Gasteiger partial charge in [-0.05, 0) is 18.6 Å². The molecule has 2 rings (SSSR count). The zero-order chi connectivity index (χ0) is 13.2. The van der Waals surface area contributed by atoms with Crippen LogP contribution in [0.15, 0.2) is 24.3 Å². The lowest BCUT2D eigenvalue weighted by atomic mass is 9.96. The standard InChI is InChI=1S/C13H17NO3S/c1-9-7-13(8-18-9,12(15)16)14-10-5-3-4-6-11(10)17-2/h3-6,9,14H,7-8H2,1-2H3,(H,15,16). The Morgan fingerprint density at radius 3 is 2.83 bits per heavy atom. The summed E-state index contributed by atoms with van der Waals surface area (Å²) in [5.74, 6) is 0.439. The lowest BCUT2D eigenvalue weighted by Gasteiger charge is -2.27. The van der Waals surface area contributed by atoms with Crippen LogP contribution in [0.3, 0.4) is 0 Å². The third-order valence-electron chi connectivity index (χ3n) is 3.14. The van der Waals surface area contributed by atoms with E-state index in [1.807, 2.05) is 24.3 Å². The van der Waals surface area contributed by atoms with Crippen molar-refractivity contribution < 1.29 is 14.6 Å². The summed E-state index contributed by atoms with van der Waals surface area (Å²) in [6.45, 7) is 2.05. The number of rotatable bonds is 4. The molecule has 1 aliphatic heterocycles. The van der Waals surface area contributed by atoms with Crippen LogP contribution < -0.4 is 10.1 Å². The molecule has 0 saturated carbocycles. The highest BCUT2D eigenvalue weighted by Gasteiger charge is 2.45. The molecule has 1 saturated heterocycles. The van der Waals surface area contributed by atoms with Gasteiger partial charge in [0.25, 0.3) is 0 Å². The minimum atomic E-state index is -0.890. The van der Waals surface area contributed by atoms with E-state index in [9.17, 15) is 9.90 Å². The molecule has 18 heavy (non-hydrogen) atoms. The van der Waals surface area contributed by atoms with E-state index in [1.54, 1.807) is 18.9 Å². The minimum Gasteiger partial charge on any atom is -0.495 e. The molecule has 0 aromatic heterocycles. The number of carbonyl (C=O) groups is 1. The number of benzene rings is 1. The Morgan fingerprint density at radius 2 is 2.28 bits per heavy atom. The van der Waals surface area contributed by atoms with Crippen LogP contribution in [0.1, 0.15) is 13.3 Å². The summed E-state index contributed by atoms with van der Waals surface area (Å²) in [6, 6.07) is 7.40. The van der Waals surface area contributed by atoms with Crippen LogP contribution in [-0.2, 0) is 4.79 Å². The summed E-state index contributed by atoms with van der Waals surface area (Å²) in [4.78, 5) is 11.6. The fourth-order valence-corrected chi connectivity index (χ4v) is 3.47. The monoisotopic (exact) mass is 267 g/mol. The quantitative estimate of drug-likeness (QED) is 0.877. The van der Waals surface area contributed by atoms with E-state index in [-0.39, 0.29) is 0 Å². The first-order valence-corrected chi connectivity index (χ1v) is 6.88. The number of anilines is 1. The van der Waals surface area contributed by atoms with Crippen molar-refractivity contribution in [2.45, 2.75) is 24.1 Å². The second-order valence-corrected chi connectivity index (χ2v) is 5.97. The molecule has 1 aromatic carbocycles. The molecule has 1 aromatic rings. The molecule has 98 valence electrons. The Hall–Kier alpha value is -1.36. The maximum atomic E-state index is 11.6. The number of methoxy groups -OCH3 is 1. The third-order valence-corrected chi connectivity index (χ3v) is 4.54. The number of aliphatic carboxylic acids is 1. The lowest BCUT2D eigenvalue weighted by molar-refractivity contribution is -0.141. The fraction of sp³-hybridized carbons (Fsp3) is 0.462. The van der Waals surface area contributed by atoms with Gasteiger partial charge < -0.3 is 15.2 Å². The summed E-state index contributed by atoms with van der Waals surface area (Å²) in [5, 5.41) is 13.0. The molecule has 1 aliphatic rings. The highest BCUT2D eigenvalue weighted by Crippen LogP contribution is 2.38. The van der Waals surface area contributed by atoms with Crippen LogP contribution in [0.25, 0.3) is 0 Å². The molecule has 0 bridgehead atoms. The second-order valence-electron chi connectivity index (χ2n) is 4.54. The lowest BCUT2D eigenvalue weighted by Crippen LogP contribution is -2.46. The van der Waals surface area contributed by atoms with E-state index >= 15 is 0 Å². The second kappa shape index (κ2) is 5.10. The van der Waals surface area contributed by atoms with Gasteiger partial charge in [0.2, 0.25) is 0 Å². The van der Waals surface area contributed by atoms with Crippen LogP contribution in [0.5, 0.6) is 5.75 Å². The Morgan fingerprint density at radius 1 is 1.56 bits per heavy atom. The van der Waals surface area contributed by atoms with Gasteiger partial charge in [0.1, 0.15) is 11.3 Å². The summed E-state index contributed by atoms with van der Waals surface area (Å²) in [6.07, 6.45) is 0.616. The smallest absolute Gasteiger partial charge is 0.330 e. The van der Waals surface area contributed by atoms with Crippen LogP contribution >= 0.6 is 11.8 Å². The first-order chi connectivity index (χ1) is 8.57. The normalized spacial score (nSPS) is 26.9. The zero-order valence-corrected chi connectivity index (χ0v) is 11.3. The predicted octanol–water partition coefficient (Wildman–Crippen LogP) is 2.46. The Bertz CT molecular complexity index is 452. The van der Waals surface area contributed by atoms with E-state index in [0.717, 1.165) is 5.69 Å². The number of para-hydroxylation sites is 2. The number of ether oxygens (including phenoxy) is 1. The first-order valence-electron chi connectivity index (χ1n) is 5.83. The van der Waals surface area contributed by atoms with Gasteiger partial charge in [-0.15, -0.1) is 0 Å². The van der Waals surface area contributed by atoms with E-state index < -0.39 is 11.5 Å². The Kier molecular flexibility index (Phi) is 3.71. The van der Waals surface area contributed by atoms with E-state index in [1.165, 1.54) is 0 Å². The molecule has 1 fully saturated rings. The highest BCUT2D eigenvalue weighted by atomic mass is 32.2. The average molecular weight is 267 g/mol. The van der Waals surface area contributed by atoms with Crippen LogP contribution in [-0.4, -0.2) is 34.7 Å². The molecule has 2 atom stereocenters. The van der Waals surface area contributed by atoms with Gasteiger partial charge in [-0.25, -0.2) is 4.79 Å². The fourth-order valence-electron chi connectivity index (χ4n) is 2.19. The number of nitrogens with one attached hydrogen (secondary N) is 1. The predicted molar refractivity (Wildman–Crippen MR) is 73.5 cm³/mol. The van der Waals surface area contributed by atoms with E-state index in [2.05, 4.69) is 12.2 Å². The largest absolute Gasteiger partial charge is 0.495 e. The van der Waals surface area contributed by atoms with Crippen molar-refractivity contribution in [3.63, 3.8) is 0 Å². The number of hydrogen-bond acceptors (Lipinski definition) is 4. The van der Waals surface area contributed by atoms with Gasteiger partial charge >= 0.3 is 5.97 Å². The van der Waals surface area contributed by atoms with Gasteiger partial charge in [-0.3, -0.25) is 0 Å². The van der Waals surface area contributed by atoms with Gasteiger partial charge in [0.05, 0.1) is 12.8 Å². The maximum Gasteiger partial charge on any atom is 0.330 e. The average Bonchev–Trinajstić information content (AvgIpc) is 2.73. The van der Waals surface area contributed by atoms with Gasteiger partial charge in [0, 0.05) is 11.0 Å². The van der Waals surface area contributed by atoms with Crippen molar-refractivity contribution in [2.24, 2.45) is 0 Å². The van der Waals surface area contributed by atoms with E-state index in [0.29, 0.717) is 23.2 Å². The number of carboxylic acids is 1. The van der Waals surface area contributed by atoms with Crippen LogP contribution in [0.4, 0.5) is 5.69 Å². The molecule has 4 nitrogen and oxygen atoms in total. The van der Waals surface area contributed by atoms with E-state index in [4.69, 9.17) is 4.74 Å². The topological polar surface area (TPSA) is 58.6 Å². The number of thioether (sulfide) groups is 1. The summed E-state index contributed by atoms with van der Waals surface area (Å²) >= 11 is 1.68. The molecule has 0 aliphatic carbocycles. The van der Waals surface area contributed by atoms with Gasteiger partial charge in [-0.2, -0.15) is 11.8 Å². The highest BCUT2D eigenvalue weighted by molar-refractivity contribution is 8.00. The summed E-state index contributed by atoms with van der Waals surface area (Å²) < 4.78 is 5.24. The molecular weight excluding hydrogens is 250 g/mol. The van der Waals surface area contributed by atoms with Crippen molar-refractivity contribution in [2.75, 3.05) is 18.2 Å². The Balaban J connectivity index is 2.27. The van der Waals surface area contributed by atoms with Crippen molar-refractivity contribution >= 4 is 23.4 Å². The Labute approximate surface area is 111 Å². The molecule has 2 unspecified atom stereocenters. The van der Waals surface area contributed by atoms with Crippen molar-refractivity contribution in [3.8, 4) is 5.75 Å². The molecule has 0 spiro atoms. The minimum absolute atomic E-state index is 0.350. The number of carboxylic acid groups (broad SMARTS) is 1. The zero-order valence-electron chi connectivity index (χ0n) is 10.5. The van der Waals surface area contributed by atoms with Gasteiger partial charge in [0.15, 0.2) is 0 Å². The molecule has 1 heterocycles. The van der Waals surface area contributed by atoms with Crippen molar-refractivity contribution in [1.29, 1.82) is 0 Å². The number of hydrogen-bond donors (Lipinski definition) is 2. The molecule has 0 amide bonds. The summed E-state index contributed by atoms with van der Waals surface area (Å²) in [7, 11) is 1.58. The third kappa shape index (κ3) is 2.41. The first kappa shape index (κ1) is 13.1. The maximum absolute atomic E-state index is 11.6. The van der Waals surface area contributed by atoms with Crippen LogP contribution in [0.2, 0.25) is 0 Å². The van der Waals surface area contributed by atoms with Crippen molar-refractivity contribution in [3.05, 3.63) is 24.3 Å². The molecule has 2 N–H and O–H groups in total. The summed E-state index contributed by atoms with van der Waals surface area (Å²) in [5.41, 5.74) is -0.157. The molecule has 5 heteroatoms. The molecular formula is C13H17NO3S. The molecule has 0 radical (unpaired) electrons. The van der Waals surface area contributed by atoms with Crippen LogP contribution in [0, 0.1) is 0 Å². The van der Waals surface area contributed by atoms with Gasteiger partial charge in [-0.1, -0.05) is 19.1 Å². The SMILES string of the molecule is COc1ccccc1NC1(C(=O)O)CSC(C)C1. The van der Waals surface area contributed by atoms with Crippen molar-refractivity contribution in [1.82, 2.24) is 0 Å².